The number of anilines is 1. The van der Waals surface area contributed by atoms with Gasteiger partial charge in [-0.1, -0.05) is 31.2 Å². The fourth-order valence-electron chi connectivity index (χ4n) is 16.7. The van der Waals surface area contributed by atoms with E-state index < -0.39 is 22.2 Å². The van der Waals surface area contributed by atoms with Gasteiger partial charge in [-0.05, 0) is 234 Å². The van der Waals surface area contributed by atoms with E-state index in [4.69, 9.17) is 58.6 Å². The summed E-state index contributed by atoms with van der Waals surface area (Å²) in [6.45, 7) is 16.6. The van der Waals surface area contributed by atoms with Crippen LogP contribution in [0.2, 0.25) is 10.4 Å². The number of nitrogens with zero attached hydrogens (tertiary/aromatic N) is 24. The van der Waals surface area contributed by atoms with E-state index in [1.165, 1.54) is 33.9 Å². The zero-order chi connectivity index (χ0) is 93.5. The monoisotopic (exact) mass is 2690 g/mol. The molecule has 8 aliphatic rings. The number of hydrogen-bond acceptors (Lipinski definition) is 30. The van der Waals surface area contributed by atoms with Gasteiger partial charge < -0.3 is 30.5 Å². The number of fused-ring (bicyclic) bond motifs is 4. The van der Waals surface area contributed by atoms with Crippen molar-refractivity contribution in [3.05, 3.63) is 231 Å². The quantitative estimate of drug-likeness (QED) is 0.0295. The number of hydrogen-bond donors (Lipinski definition) is 4. The Balaban J connectivity index is 0.000000195. The molecule has 0 unspecified atom stereocenters. The van der Waals surface area contributed by atoms with E-state index in [-0.39, 0.29) is 190 Å². The number of aryl methyl sites for hydroxylation is 4. The minimum Gasteiger partial charge on any atom is -0.496 e. The summed E-state index contributed by atoms with van der Waals surface area (Å²) in [6, 6.07) is 14.5. The third-order valence-electron chi connectivity index (χ3n) is 25.6. The number of aromatic amines is 2. The number of benzene rings is 2. The van der Waals surface area contributed by atoms with Crippen LogP contribution < -0.4 is 53.9 Å². The van der Waals surface area contributed by atoms with E-state index in [1.54, 1.807) is 97.6 Å². The minimum atomic E-state index is -0.652. The average molecular weight is 2700 g/mol. The summed E-state index contributed by atoms with van der Waals surface area (Å²) in [5.74, 6) is 6.77. The molecule has 141 heavy (non-hydrogen) atoms. The molecule has 4 atom stereocenters. The van der Waals surface area contributed by atoms with Crippen LogP contribution in [0.4, 0.5) is 5.82 Å². The van der Waals surface area contributed by atoms with Crippen molar-refractivity contribution in [2.75, 3.05) is 19.5 Å². The molecule has 719 valence electrons. The molecule has 12 aromatic heterocycles. The number of ether oxygens (including phenoxy) is 2. The zero-order valence-corrected chi connectivity index (χ0v) is 95.0. The Morgan fingerprint density at radius 1 is 0.447 bits per heavy atom. The Morgan fingerprint density at radius 3 is 1.18 bits per heavy atom. The number of aromatic nitrogens is 24. The van der Waals surface area contributed by atoms with Crippen LogP contribution in [0, 0.1) is 167 Å². The Morgan fingerprint density at radius 2 is 0.787 bits per heavy atom. The molecule has 5 N–H and O–H groups in total. The standard InChI is InChI=1S/C28H28N8O2.C19H19ClN6O.C19H20N6O2.C11H11ClN4O2.C9H10N2O.C8H9BrN2.CH4.3B.ClH.3U/c1-15-23(24(19-8-9-19)33-14-32-15)25-31-13-21-27(35-25)36(16(2)18-6-7-18)28(37)26(34-21)30-12-20-5-4-17(11-29)10-22(20)38-3;1-9-14(15(12-5-6-12)23-8-22-9)17-21-7-13-18(25-17)26(10(2)11-3-4-11)19(27)16(20)24-13;1-9-14(15(12-5-6-12)22-8-21-9)16-20-7-13-17(24-16)25(10(2)11-3-4-11)19(27)18(26)23-13;1-5(6-2-3-6)16-8-7(4-13-11(12)15-8)14-9(17)10(16)18;1-12-9-4-7(5-10)2-3-8(9)6-11;1-5-7(9)8(6-2-3-6)11-4-10-5;;;;;;;;/h4-5,10,13-14,16,18-19H,6-9,12H2,1-3H3,(H,30,34);7-8,10-12H,3-6H2,1-2H3;7-8,10-12H,3-6H2,1-2H3,(H,23,26);4-6H,2-3H2,1H3,(H,14,17);2-4H,6,11H2,1H3;4,6H,2-3H2,1H3;1H4;;;;1H;;;/t16-;2*10-;5-;;;;;;;;;;/m0000........../s1. The van der Waals surface area contributed by atoms with Crippen molar-refractivity contribution in [3.63, 3.8) is 0 Å². The maximum absolute atomic E-state index is 13.8. The van der Waals surface area contributed by atoms with Crippen LogP contribution in [0.1, 0.15) is 253 Å². The van der Waals surface area contributed by atoms with Crippen LogP contribution in [0.25, 0.3) is 78.8 Å². The second kappa shape index (κ2) is 49.7. The molecule has 12 heterocycles. The molecule has 8 saturated carbocycles. The molecule has 36 nitrogen and oxygen atoms in total. The van der Waals surface area contributed by atoms with E-state index in [2.05, 4.69) is 119 Å². The van der Waals surface area contributed by atoms with Gasteiger partial charge in [-0.2, -0.15) is 15.5 Å². The molecule has 0 aliphatic heterocycles. The number of halogens is 4. The van der Waals surface area contributed by atoms with Gasteiger partial charge in [0.2, 0.25) is 5.28 Å². The van der Waals surface area contributed by atoms with Crippen LogP contribution in [0.5, 0.6) is 11.5 Å². The summed E-state index contributed by atoms with van der Waals surface area (Å²) in [6.07, 6.45) is 30.6. The van der Waals surface area contributed by atoms with Crippen molar-refractivity contribution >= 4 is 127 Å². The molecule has 8 fully saturated rings. The number of methoxy groups -OCH3 is 2. The smallest absolute Gasteiger partial charge is 0.318 e. The van der Waals surface area contributed by atoms with Crippen molar-refractivity contribution in [3.8, 4) is 57.8 Å². The van der Waals surface area contributed by atoms with Gasteiger partial charge in [0.15, 0.2) is 51.0 Å². The van der Waals surface area contributed by atoms with Crippen LogP contribution in [0.3, 0.4) is 0 Å². The van der Waals surface area contributed by atoms with Crippen molar-refractivity contribution in [1.29, 1.82) is 10.5 Å². The second-order valence-corrected chi connectivity index (χ2v) is 36.6. The summed E-state index contributed by atoms with van der Waals surface area (Å²) >= 11 is 15.3. The van der Waals surface area contributed by atoms with E-state index in [9.17, 15) is 34.0 Å². The van der Waals surface area contributed by atoms with Gasteiger partial charge in [0.05, 0.1) is 129 Å². The van der Waals surface area contributed by atoms with E-state index in [0.717, 1.165) is 162 Å². The summed E-state index contributed by atoms with van der Waals surface area (Å²) in [7, 11) is 3.12. The largest absolute Gasteiger partial charge is 0.496 e. The van der Waals surface area contributed by atoms with Gasteiger partial charge in [-0.15, -0.1) is 12.4 Å². The predicted molar refractivity (Wildman–Crippen MR) is 533 cm³/mol. The van der Waals surface area contributed by atoms with Crippen molar-refractivity contribution in [1.82, 2.24) is 118 Å². The van der Waals surface area contributed by atoms with Gasteiger partial charge in [0.1, 0.15) is 58.9 Å². The van der Waals surface area contributed by atoms with Crippen molar-refractivity contribution < 1.29 is 103 Å². The number of nitrogens with one attached hydrogen (secondary N) is 3. The molecule has 0 spiro atoms. The topological polar surface area (TPSA) is 490 Å². The Labute approximate surface area is 914 Å². The summed E-state index contributed by atoms with van der Waals surface area (Å²) in [5, 5.41) is 21.0. The molecule has 22 rings (SSSR count). The Bertz CT molecular complexity index is 7420. The summed E-state index contributed by atoms with van der Waals surface area (Å²) in [5.41, 5.74) is 19.4. The molecule has 0 bridgehead atoms. The molecule has 46 heteroatoms. The number of nitrogens with two attached hydrogens (primary N) is 1. The first-order valence-corrected chi connectivity index (χ1v) is 46.2. The molecule has 0 saturated heterocycles. The van der Waals surface area contributed by atoms with Crippen molar-refractivity contribution in [2.24, 2.45) is 29.4 Å². The minimum absolute atomic E-state index is 0. The van der Waals surface area contributed by atoms with Gasteiger partial charge in [-0.3, -0.25) is 47.0 Å². The number of H-pyrrole nitrogens is 2. The maximum atomic E-state index is 13.8. The molecule has 0 amide bonds. The fourth-order valence-corrected chi connectivity index (χ4v) is 17.5. The normalized spacial score (nSPS) is 15.4. The molecule has 8 aliphatic carbocycles. The maximum Gasteiger partial charge on any atom is 0.318 e. The second-order valence-electron chi connectivity index (χ2n) is 35.1. The molecule has 2 aromatic carbocycles. The third kappa shape index (κ3) is 26.0. The molecular weight excluding hydrogens is 2590 g/mol. The first-order chi connectivity index (χ1) is 64.2. The Kier molecular flexibility index (Phi) is 40.5. The van der Waals surface area contributed by atoms with Crippen LogP contribution in [-0.4, -0.2) is 157 Å². The van der Waals surface area contributed by atoms with Gasteiger partial charge >= 0.3 is 22.2 Å². The number of nitriles is 2. The predicted octanol–water partition coefficient (Wildman–Crippen LogP) is 14.3. The first-order valence-electron chi connectivity index (χ1n) is 44.7. The van der Waals surface area contributed by atoms with Crippen molar-refractivity contribution in [2.45, 2.75) is 226 Å². The van der Waals surface area contributed by atoms with Gasteiger partial charge in [0, 0.05) is 191 Å². The average Bonchev–Trinajstić information content (AvgIpc) is 1.74. The third-order valence-corrected chi connectivity index (χ3v) is 27.0. The zero-order valence-electron chi connectivity index (χ0n) is 78.6. The van der Waals surface area contributed by atoms with E-state index in [0.29, 0.717) is 145 Å². The van der Waals surface area contributed by atoms with Crippen LogP contribution >= 0.6 is 51.5 Å². The summed E-state index contributed by atoms with van der Waals surface area (Å²) in [4.78, 5) is 160. The SMILES string of the molecule is C.COc1cc(C#N)ccc1CN.COc1cc(C#N)ccc1CNc1nc2cnc(-c3c(C)ncnc3C3CC3)nc2n([C@@H](C)C2CC2)c1=O.C[C@@H](C1CC1)n1c(=O)c(=O)[nH]c2cnc(Cl)nc21.Cc1ncnc(C2CC2)c1-c1ncc2[nH]c(=O)c(=O)n([C@@H](C)C3CC3)c2n1.Cc1ncnc(C2CC2)c1-c1ncc2nc(Cl)c(=O)n([C@@H](C)C3CC3)c2n1.Cc1ncnc(C2CC2)c1Br.Cl.[B].[B].[B].[U].[U].[U]. The summed E-state index contributed by atoms with van der Waals surface area (Å²) < 4.78 is 18.0. The molecule has 14 aromatic rings. The van der Waals surface area contributed by atoms with Crippen LogP contribution in [0.15, 0.2) is 120 Å². The van der Waals surface area contributed by atoms with Crippen LogP contribution in [-0.2, 0) is 13.1 Å². The Hall–Kier alpha value is -9.72. The van der Waals surface area contributed by atoms with Gasteiger partial charge in [-0.25, -0.2) is 84.7 Å². The first kappa shape index (κ1) is 115. The number of rotatable bonds is 21. The van der Waals surface area contributed by atoms with E-state index >= 15 is 0 Å². The molecule has 9 radical (unpaired) electrons. The molecular formula is C95H102B3BrCl3N28O8U3. The van der Waals surface area contributed by atoms with E-state index in [1.807, 2.05) is 60.6 Å². The van der Waals surface area contributed by atoms with Gasteiger partial charge in [0.25, 0.3) is 11.1 Å². The fraction of sp³-hybridized carbons (Fsp3) is 0.432.